The van der Waals surface area contributed by atoms with Gasteiger partial charge in [-0.1, -0.05) is 34.1 Å². The molecule has 1 heterocycles. The Labute approximate surface area is 206 Å². The van der Waals surface area contributed by atoms with Gasteiger partial charge in [-0.05, 0) is 74.5 Å². The first kappa shape index (κ1) is 23.3. The number of aromatic nitrogens is 2. The number of hydrogen-bond acceptors (Lipinski definition) is 5. The fourth-order valence-electron chi connectivity index (χ4n) is 3.21. The quantitative estimate of drug-likeness (QED) is 0.232. The zero-order valence-corrected chi connectivity index (χ0v) is 20.3. The first-order chi connectivity index (χ1) is 16.5. The Balaban J connectivity index is 1.63. The number of amides is 1. The molecule has 34 heavy (non-hydrogen) atoms. The van der Waals surface area contributed by atoms with E-state index >= 15 is 0 Å². The molecular weight excluding hydrogens is 496 g/mol. The number of carbonyl (C=O) groups excluding carboxylic acids is 1. The molecule has 1 aromatic heterocycles. The molecule has 172 valence electrons. The largest absolute Gasteiger partial charge is 0.494 e. The zero-order chi connectivity index (χ0) is 23.9. The van der Waals surface area contributed by atoms with Crippen LogP contribution < -0.4 is 14.9 Å². The van der Waals surface area contributed by atoms with Gasteiger partial charge in [-0.25, -0.2) is 5.43 Å². The smallest absolute Gasteiger partial charge is 0.271 e. The minimum absolute atomic E-state index is 0.314. The fraction of sp³-hybridized carbons (Fsp3) is 0.115. The van der Waals surface area contributed by atoms with Gasteiger partial charge in [0.25, 0.3) is 5.91 Å². The number of hydrazone groups is 1. The Morgan fingerprint density at radius 2 is 1.71 bits per heavy atom. The molecule has 7 nitrogen and oxygen atoms in total. The standard InChI is InChI=1S/C26H23BrN4O3/c1-3-33-22-13-15-23(16-14-22)34-26-24(18(2)30-31(26)21-7-5-4-6-8-21)17-28-29-25(32)19-9-11-20(27)12-10-19/h4-17H,3H2,1-2H3,(H,29,32)/b28-17+. The third-order valence-electron chi connectivity index (χ3n) is 4.88. The van der Waals surface area contributed by atoms with Crippen molar-refractivity contribution >= 4 is 28.1 Å². The first-order valence-electron chi connectivity index (χ1n) is 10.7. The molecule has 0 fully saturated rings. The van der Waals surface area contributed by atoms with Crippen molar-refractivity contribution in [2.24, 2.45) is 5.10 Å². The molecule has 0 unspecified atom stereocenters. The first-order valence-corrected chi connectivity index (χ1v) is 11.5. The van der Waals surface area contributed by atoms with E-state index in [1.807, 2.05) is 68.4 Å². The normalized spacial score (nSPS) is 10.9. The maximum absolute atomic E-state index is 12.4. The molecule has 0 saturated carbocycles. The van der Waals surface area contributed by atoms with E-state index in [4.69, 9.17) is 9.47 Å². The van der Waals surface area contributed by atoms with E-state index in [-0.39, 0.29) is 5.91 Å². The average molecular weight is 519 g/mol. The Morgan fingerprint density at radius 3 is 2.38 bits per heavy atom. The van der Waals surface area contributed by atoms with Crippen molar-refractivity contribution in [2.45, 2.75) is 13.8 Å². The van der Waals surface area contributed by atoms with Gasteiger partial charge in [0.1, 0.15) is 11.5 Å². The molecule has 1 amide bonds. The van der Waals surface area contributed by atoms with Crippen LogP contribution in [0.25, 0.3) is 5.69 Å². The van der Waals surface area contributed by atoms with E-state index in [9.17, 15) is 4.79 Å². The predicted molar refractivity (Wildman–Crippen MR) is 135 cm³/mol. The van der Waals surface area contributed by atoms with Gasteiger partial charge in [0.2, 0.25) is 5.88 Å². The van der Waals surface area contributed by atoms with Gasteiger partial charge in [0.05, 0.1) is 29.8 Å². The van der Waals surface area contributed by atoms with Crippen LogP contribution in [0.1, 0.15) is 28.5 Å². The predicted octanol–water partition coefficient (Wildman–Crippen LogP) is 5.90. The molecule has 4 rings (SSSR count). The lowest BCUT2D eigenvalue weighted by Crippen LogP contribution is -2.17. The van der Waals surface area contributed by atoms with E-state index in [1.54, 1.807) is 35.2 Å². The van der Waals surface area contributed by atoms with Crippen molar-refractivity contribution in [2.75, 3.05) is 6.61 Å². The van der Waals surface area contributed by atoms with Crippen molar-refractivity contribution in [1.29, 1.82) is 0 Å². The number of hydrogen-bond donors (Lipinski definition) is 1. The van der Waals surface area contributed by atoms with Gasteiger partial charge in [0.15, 0.2) is 0 Å². The monoisotopic (exact) mass is 518 g/mol. The number of nitrogens with one attached hydrogen (secondary N) is 1. The number of ether oxygens (including phenoxy) is 2. The van der Waals surface area contributed by atoms with Crippen molar-refractivity contribution in [3.05, 3.63) is 100 Å². The van der Waals surface area contributed by atoms with Crippen molar-refractivity contribution < 1.29 is 14.3 Å². The number of benzene rings is 3. The van der Waals surface area contributed by atoms with E-state index in [0.29, 0.717) is 35.1 Å². The summed E-state index contributed by atoms with van der Waals surface area (Å²) in [6.07, 6.45) is 1.54. The highest BCUT2D eigenvalue weighted by atomic mass is 79.9. The van der Waals surface area contributed by atoms with Crippen LogP contribution in [0.15, 0.2) is 88.4 Å². The third-order valence-corrected chi connectivity index (χ3v) is 5.41. The van der Waals surface area contributed by atoms with Gasteiger partial charge < -0.3 is 9.47 Å². The number of halogens is 1. The summed E-state index contributed by atoms with van der Waals surface area (Å²) in [6, 6.07) is 24.1. The number of carbonyl (C=O) groups is 1. The molecule has 8 heteroatoms. The van der Waals surface area contributed by atoms with Crippen LogP contribution in [0.2, 0.25) is 0 Å². The maximum Gasteiger partial charge on any atom is 0.271 e. The van der Waals surface area contributed by atoms with Crippen LogP contribution in [0, 0.1) is 6.92 Å². The fourth-order valence-corrected chi connectivity index (χ4v) is 3.48. The number of para-hydroxylation sites is 1. The topological polar surface area (TPSA) is 77.7 Å². The lowest BCUT2D eigenvalue weighted by Gasteiger charge is -2.11. The Bertz CT molecular complexity index is 1280. The summed E-state index contributed by atoms with van der Waals surface area (Å²) in [5.74, 6) is 1.55. The van der Waals surface area contributed by atoms with Crippen molar-refractivity contribution in [3.63, 3.8) is 0 Å². The molecule has 0 aliphatic rings. The average Bonchev–Trinajstić information content (AvgIpc) is 3.16. The summed E-state index contributed by atoms with van der Waals surface area (Å²) in [7, 11) is 0. The van der Waals surface area contributed by atoms with Gasteiger partial charge >= 0.3 is 0 Å². The summed E-state index contributed by atoms with van der Waals surface area (Å²) in [5, 5.41) is 8.81. The minimum Gasteiger partial charge on any atom is -0.494 e. The molecule has 0 bridgehead atoms. The summed E-state index contributed by atoms with van der Waals surface area (Å²) < 4.78 is 14.4. The molecule has 1 N–H and O–H groups in total. The van der Waals surface area contributed by atoms with Crippen LogP contribution in [-0.2, 0) is 0 Å². The summed E-state index contributed by atoms with van der Waals surface area (Å²) in [5.41, 5.74) is 5.25. The minimum atomic E-state index is -0.314. The van der Waals surface area contributed by atoms with Crippen molar-refractivity contribution in [1.82, 2.24) is 15.2 Å². The van der Waals surface area contributed by atoms with Crippen LogP contribution >= 0.6 is 15.9 Å². The number of aryl methyl sites for hydroxylation is 1. The number of rotatable bonds is 8. The van der Waals surface area contributed by atoms with Gasteiger partial charge in [0, 0.05) is 10.0 Å². The van der Waals surface area contributed by atoms with E-state index < -0.39 is 0 Å². The highest BCUT2D eigenvalue weighted by molar-refractivity contribution is 9.10. The van der Waals surface area contributed by atoms with E-state index in [0.717, 1.165) is 15.9 Å². The van der Waals surface area contributed by atoms with Crippen LogP contribution in [0.3, 0.4) is 0 Å². The number of nitrogens with zero attached hydrogens (tertiary/aromatic N) is 3. The van der Waals surface area contributed by atoms with Gasteiger partial charge in [-0.2, -0.15) is 14.9 Å². The molecule has 0 saturated heterocycles. The van der Waals surface area contributed by atoms with E-state index in [1.165, 1.54) is 0 Å². The van der Waals surface area contributed by atoms with Crippen molar-refractivity contribution in [3.8, 4) is 23.1 Å². The van der Waals surface area contributed by atoms with Gasteiger partial charge in [-0.3, -0.25) is 4.79 Å². The Hall–Kier alpha value is -3.91. The molecule has 3 aromatic carbocycles. The summed E-state index contributed by atoms with van der Waals surface area (Å²) >= 11 is 3.36. The highest BCUT2D eigenvalue weighted by Crippen LogP contribution is 2.30. The molecule has 0 aliphatic heterocycles. The SMILES string of the molecule is CCOc1ccc(Oc2c(/C=N/NC(=O)c3ccc(Br)cc3)c(C)nn2-c2ccccc2)cc1. The highest BCUT2D eigenvalue weighted by Gasteiger charge is 2.18. The Morgan fingerprint density at radius 1 is 1.03 bits per heavy atom. The lowest BCUT2D eigenvalue weighted by molar-refractivity contribution is 0.0955. The summed E-state index contributed by atoms with van der Waals surface area (Å²) in [6.45, 7) is 4.39. The third kappa shape index (κ3) is 5.52. The van der Waals surface area contributed by atoms with Crippen LogP contribution in [0.4, 0.5) is 0 Å². The molecule has 4 aromatic rings. The second kappa shape index (κ2) is 10.8. The molecule has 0 spiro atoms. The maximum atomic E-state index is 12.4. The molecule has 0 aliphatic carbocycles. The van der Waals surface area contributed by atoms with Crippen LogP contribution in [0.5, 0.6) is 17.4 Å². The lowest BCUT2D eigenvalue weighted by atomic mass is 10.2. The molecule has 0 radical (unpaired) electrons. The second-order valence-electron chi connectivity index (χ2n) is 7.26. The molecular formula is C26H23BrN4O3. The van der Waals surface area contributed by atoms with Crippen LogP contribution in [-0.4, -0.2) is 28.5 Å². The van der Waals surface area contributed by atoms with E-state index in [2.05, 4.69) is 31.6 Å². The second-order valence-corrected chi connectivity index (χ2v) is 8.18. The van der Waals surface area contributed by atoms with Gasteiger partial charge in [-0.15, -0.1) is 0 Å². The zero-order valence-electron chi connectivity index (χ0n) is 18.7. The molecule has 0 atom stereocenters. The summed E-state index contributed by atoms with van der Waals surface area (Å²) in [4.78, 5) is 12.4. The Kier molecular flexibility index (Phi) is 7.39.